The molecule has 10 heteroatoms. The van der Waals surface area contributed by atoms with Gasteiger partial charge in [-0.25, -0.2) is 0 Å². The van der Waals surface area contributed by atoms with E-state index in [1.54, 1.807) is 4.98 Å². The molecule has 1 aromatic carbocycles. The van der Waals surface area contributed by atoms with Gasteiger partial charge in [0.25, 0.3) is 11.5 Å². The number of aromatic amines is 1. The number of alkyl halides is 3. The molecule has 3 rings (SSSR count). The molecular weight excluding hydrogens is 381 g/mol. The SMILES string of the molecule is NC(=O)c1cc(-c2ccc(OC[C@H]3COCCO3)cc2)c(C(F)(F)F)[nH]c1=O. The van der Waals surface area contributed by atoms with Gasteiger partial charge in [0.2, 0.25) is 0 Å². The smallest absolute Gasteiger partial charge is 0.431 e. The average Bonchev–Trinajstić information content (AvgIpc) is 2.66. The van der Waals surface area contributed by atoms with E-state index in [1.807, 2.05) is 0 Å². The van der Waals surface area contributed by atoms with E-state index < -0.39 is 28.9 Å². The summed E-state index contributed by atoms with van der Waals surface area (Å²) in [4.78, 5) is 24.7. The third kappa shape index (κ3) is 4.52. The van der Waals surface area contributed by atoms with Crippen LogP contribution in [-0.4, -0.2) is 43.4 Å². The number of carbonyl (C=O) groups is 1. The van der Waals surface area contributed by atoms with E-state index in [0.717, 1.165) is 6.07 Å². The van der Waals surface area contributed by atoms with Crippen LogP contribution in [-0.2, 0) is 15.7 Å². The summed E-state index contributed by atoms with van der Waals surface area (Å²) < 4.78 is 56.2. The van der Waals surface area contributed by atoms with E-state index in [4.69, 9.17) is 19.9 Å². The van der Waals surface area contributed by atoms with Crippen LogP contribution in [0.15, 0.2) is 35.1 Å². The minimum absolute atomic E-state index is 0.135. The van der Waals surface area contributed by atoms with Crippen molar-refractivity contribution < 1.29 is 32.2 Å². The number of hydrogen-bond donors (Lipinski definition) is 2. The van der Waals surface area contributed by atoms with E-state index in [2.05, 4.69) is 0 Å². The summed E-state index contributed by atoms with van der Waals surface area (Å²) in [6, 6.07) is 6.58. The van der Waals surface area contributed by atoms with E-state index in [1.165, 1.54) is 24.3 Å². The van der Waals surface area contributed by atoms with E-state index in [0.29, 0.717) is 25.6 Å². The molecule has 1 atom stereocenters. The highest BCUT2D eigenvalue weighted by Gasteiger charge is 2.36. The molecule has 2 heterocycles. The predicted octanol–water partition coefficient (Wildman–Crippen LogP) is 1.95. The molecule has 1 aliphatic heterocycles. The molecule has 1 aliphatic rings. The number of nitrogens with one attached hydrogen (secondary N) is 1. The Balaban J connectivity index is 1.86. The van der Waals surface area contributed by atoms with Crippen molar-refractivity contribution in [2.24, 2.45) is 5.73 Å². The summed E-state index contributed by atoms with van der Waals surface area (Å²) in [6.07, 6.45) is -5.04. The molecule has 0 radical (unpaired) electrons. The quantitative estimate of drug-likeness (QED) is 0.801. The molecule has 3 N–H and O–H groups in total. The molecule has 0 unspecified atom stereocenters. The molecule has 1 amide bonds. The van der Waals surface area contributed by atoms with Crippen molar-refractivity contribution in [2.75, 3.05) is 26.4 Å². The molecule has 2 aromatic rings. The number of H-pyrrole nitrogens is 1. The van der Waals surface area contributed by atoms with Gasteiger partial charge < -0.3 is 24.9 Å². The topological polar surface area (TPSA) is 104 Å². The first-order valence-corrected chi connectivity index (χ1v) is 8.32. The Morgan fingerprint density at radius 1 is 1.25 bits per heavy atom. The molecule has 1 aromatic heterocycles. The molecule has 0 saturated carbocycles. The van der Waals surface area contributed by atoms with Gasteiger partial charge in [-0.3, -0.25) is 9.59 Å². The van der Waals surface area contributed by atoms with Crippen LogP contribution in [0.5, 0.6) is 5.75 Å². The van der Waals surface area contributed by atoms with Gasteiger partial charge in [-0.2, -0.15) is 13.2 Å². The van der Waals surface area contributed by atoms with Gasteiger partial charge >= 0.3 is 6.18 Å². The monoisotopic (exact) mass is 398 g/mol. The van der Waals surface area contributed by atoms with Crippen LogP contribution in [0.1, 0.15) is 16.1 Å². The van der Waals surface area contributed by atoms with Gasteiger partial charge in [-0.1, -0.05) is 12.1 Å². The number of pyridine rings is 1. The second-order valence-electron chi connectivity index (χ2n) is 6.07. The van der Waals surface area contributed by atoms with E-state index in [-0.39, 0.29) is 23.8 Å². The number of rotatable bonds is 5. The minimum Gasteiger partial charge on any atom is -0.491 e. The van der Waals surface area contributed by atoms with Crippen LogP contribution in [0, 0.1) is 0 Å². The summed E-state index contributed by atoms with van der Waals surface area (Å²) >= 11 is 0. The van der Waals surface area contributed by atoms with Crippen molar-refractivity contribution in [1.82, 2.24) is 4.98 Å². The first kappa shape index (κ1) is 19.9. The molecule has 150 valence electrons. The number of aromatic nitrogens is 1. The number of hydrogen-bond acceptors (Lipinski definition) is 5. The molecule has 0 aliphatic carbocycles. The lowest BCUT2D eigenvalue weighted by atomic mass is 10.0. The molecule has 0 bridgehead atoms. The largest absolute Gasteiger partial charge is 0.491 e. The zero-order valence-electron chi connectivity index (χ0n) is 14.5. The highest BCUT2D eigenvalue weighted by atomic mass is 19.4. The number of halogens is 3. The van der Waals surface area contributed by atoms with Crippen LogP contribution in [0.4, 0.5) is 13.2 Å². The first-order valence-electron chi connectivity index (χ1n) is 8.32. The van der Waals surface area contributed by atoms with E-state index in [9.17, 15) is 22.8 Å². The van der Waals surface area contributed by atoms with Gasteiger partial charge in [-0.05, 0) is 23.8 Å². The Morgan fingerprint density at radius 2 is 1.96 bits per heavy atom. The first-order chi connectivity index (χ1) is 13.3. The average molecular weight is 398 g/mol. The predicted molar refractivity (Wildman–Crippen MR) is 92.1 cm³/mol. The van der Waals surface area contributed by atoms with Gasteiger partial charge in [0, 0.05) is 5.56 Å². The normalized spacial score (nSPS) is 17.3. The highest BCUT2D eigenvalue weighted by molar-refractivity contribution is 5.93. The number of primary amides is 1. The molecule has 1 fully saturated rings. The maximum Gasteiger partial charge on any atom is 0.431 e. The molecule has 1 saturated heterocycles. The van der Waals surface area contributed by atoms with Gasteiger partial charge in [-0.15, -0.1) is 0 Å². The maximum atomic E-state index is 13.3. The van der Waals surface area contributed by atoms with Gasteiger partial charge in [0.05, 0.1) is 19.8 Å². The summed E-state index contributed by atoms with van der Waals surface area (Å²) in [5.41, 5.74) is 1.83. The highest BCUT2D eigenvalue weighted by Crippen LogP contribution is 2.35. The third-order valence-corrected chi connectivity index (χ3v) is 4.08. The zero-order chi connectivity index (χ0) is 20.3. The van der Waals surface area contributed by atoms with Crippen molar-refractivity contribution in [3.05, 3.63) is 51.9 Å². The standard InChI is InChI=1S/C18H17F3N2O5/c19-18(20,21)15-13(7-14(16(22)24)17(25)23-15)10-1-3-11(4-2-10)28-9-12-8-26-5-6-27-12/h1-4,7,12H,5-6,8-9H2,(H2,22,24)(H,23,25)/t12-/m1/s1. The zero-order valence-corrected chi connectivity index (χ0v) is 14.5. The van der Waals surface area contributed by atoms with Crippen LogP contribution < -0.4 is 16.0 Å². The second kappa shape index (κ2) is 8.03. The Labute approximate surface area is 157 Å². The van der Waals surface area contributed by atoms with Crippen LogP contribution in [0.25, 0.3) is 11.1 Å². The third-order valence-electron chi connectivity index (χ3n) is 4.08. The lowest BCUT2D eigenvalue weighted by Crippen LogP contribution is -2.33. The van der Waals surface area contributed by atoms with Gasteiger partial charge in [0.15, 0.2) is 0 Å². The fourth-order valence-electron chi connectivity index (χ4n) is 2.72. The van der Waals surface area contributed by atoms with Crippen LogP contribution in [0.3, 0.4) is 0 Å². The lowest BCUT2D eigenvalue weighted by molar-refractivity contribution is -0.140. The Morgan fingerprint density at radius 3 is 2.54 bits per heavy atom. The fraction of sp³-hybridized carbons (Fsp3) is 0.333. The van der Waals surface area contributed by atoms with Crippen molar-refractivity contribution in [1.29, 1.82) is 0 Å². The number of benzene rings is 1. The molecule has 28 heavy (non-hydrogen) atoms. The number of nitrogens with two attached hydrogens (primary N) is 1. The summed E-state index contributed by atoms with van der Waals surface area (Å²) in [5, 5.41) is 0. The van der Waals surface area contributed by atoms with Crippen molar-refractivity contribution in [3.63, 3.8) is 0 Å². The molecule has 0 spiro atoms. The second-order valence-corrected chi connectivity index (χ2v) is 6.07. The number of amides is 1. The Kier molecular flexibility index (Phi) is 5.71. The van der Waals surface area contributed by atoms with Crippen molar-refractivity contribution >= 4 is 5.91 Å². The Hall–Kier alpha value is -2.85. The number of carbonyl (C=O) groups excluding carboxylic acids is 1. The maximum absolute atomic E-state index is 13.3. The van der Waals surface area contributed by atoms with Crippen LogP contribution >= 0.6 is 0 Å². The minimum atomic E-state index is -4.82. The van der Waals surface area contributed by atoms with Crippen molar-refractivity contribution in [2.45, 2.75) is 12.3 Å². The summed E-state index contributed by atoms with van der Waals surface area (Å²) in [5.74, 6) is -0.697. The molecule has 7 nitrogen and oxygen atoms in total. The van der Waals surface area contributed by atoms with Gasteiger partial charge in [0.1, 0.15) is 29.7 Å². The summed E-state index contributed by atoms with van der Waals surface area (Å²) in [7, 11) is 0. The fourth-order valence-corrected chi connectivity index (χ4v) is 2.72. The van der Waals surface area contributed by atoms with E-state index >= 15 is 0 Å². The summed E-state index contributed by atoms with van der Waals surface area (Å²) in [6.45, 7) is 1.64. The lowest BCUT2D eigenvalue weighted by Gasteiger charge is -2.23. The Bertz CT molecular complexity index is 903. The van der Waals surface area contributed by atoms with Crippen molar-refractivity contribution in [3.8, 4) is 16.9 Å². The van der Waals surface area contributed by atoms with Crippen LogP contribution in [0.2, 0.25) is 0 Å². The molecular formula is C18H17F3N2O5. The number of ether oxygens (including phenoxy) is 3.